The van der Waals surface area contributed by atoms with E-state index in [4.69, 9.17) is 4.74 Å². The molecule has 5 rings (SSSR count). The zero-order valence-electron chi connectivity index (χ0n) is 12.8. The van der Waals surface area contributed by atoms with Crippen molar-refractivity contribution in [3.8, 4) is 17.4 Å². The Bertz CT molecular complexity index is 936. The second-order valence-corrected chi connectivity index (χ2v) is 7.69. The van der Waals surface area contributed by atoms with Crippen molar-refractivity contribution in [3.05, 3.63) is 34.8 Å². The molecule has 0 unspecified atom stereocenters. The summed E-state index contributed by atoms with van der Waals surface area (Å²) in [6.07, 6.45) is 1.70. The molecule has 2 aliphatic rings. The predicted molar refractivity (Wildman–Crippen MR) is 87.3 cm³/mol. The first-order valence-electron chi connectivity index (χ1n) is 7.64. The van der Waals surface area contributed by atoms with Crippen LogP contribution in [-0.2, 0) is 15.9 Å². The fraction of sp³-hybridized carbons (Fsp3) is 0.353. The molecule has 2 aliphatic heterocycles. The van der Waals surface area contributed by atoms with Crippen molar-refractivity contribution in [2.75, 3.05) is 0 Å². The zero-order chi connectivity index (χ0) is 16.0. The monoisotopic (exact) mass is 328 g/mol. The maximum atomic E-state index is 10.8. The molecule has 1 fully saturated rings. The van der Waals surface area contributed by atoms with Gasteiger partial charge >= 0.3 is 0 Å². The van der Waals surface area contributed by atoms with Crippen molar-refractivity contribution in [3.63, 3.8) is 0 Å². The summed E-state index contributed by atoms with van der Waals surface area (Å²) in [6, 6.07) is 5.71. The van der Waals surface area contributed by atoms with E-state index in [1.807, 2.05) is 32.0 Å². The molecule has 5 nitrogen and oxygen atoms in total. The van der Waals surface area contributed by atoms with Gasteiger partial charge < -0.3 is 14.9 Å². The number of aromatic nitrogens is 2. The van der Waals surface area contributed by atoms with Gasteiger partial charge in [0.15, 0.2) is 0 Å². The summed E-state index contributed by atoms with van der Waals surface area (Å²) in [5.41, 5.74) is 3.86. The SMILES string of the molecule is C[C@]12CC[C@](C)(O1)c1c2c(O)n(-c2ccc3ncsc3c2)c1O. The minimum Gasteiger partial charge on any atom is -0.494 e. The Morgan fingerprint density at radius 3 is 2.43 bits per heavy atom. The first-order chi connectivity index (χ1) is 10.9. The lowest BCUT2D eigenvalue weighted by atomic mass is 9.80. The number of thiazole rings is 1. The number of aromatic hydroxyl groups is 2. The Morgan fingerprint density at radius 1 is 1.13 bits per heavy atom. The lowest BCUT2D eigenvalue weighted by Gasteiger charge is -2.21. The van der Waals surface area contributed by atoms with Gasteiger partial charge in [-0.3, -0.25) is 4.57 Å². The largest absolute Gasteiger partial charge is 0.494 e. The van der Waals surface area contributed by atoms with Crippen LogP contribution in [0.2, 0.25) is 0 Å². The van der Waals surface area contributed by atoms with Crippen molar-refractivity contribution in [2.45, 2.75) is 37.9 Å². The van der Waals surface area contributed by atoms with Crippen LogP contribution in [0.4, 0.5) is 0 Å². The molecular weight excluding hydrogens is 312 g/mol. The van der Waals surface area contributed by atoms with E-state index in [1.54, 1.807) is 5.51 Å². The lowest BCUT2D eigenvalue weighted by Crippen LogP contribution is -2.17. The summed E-state index contributed by atoms with van der Waals surface area (Å²) in [4.78, 5) is 4.27. The van der Waals surface area contributed by atoms with Crippen molar-refractivity contribution in [1.82, 2.24) is 9.55 Å². The van der Waals surface area contributed by atoms with E-state index < -0.39 is 11.2 Å². The predicted octanol–water partition coefficient (Wildman–Crippen LogP) is 3.75. The number of hydrogen-bond donors (Lipinski definition) is 2. The minimum atomic E-state index is -0.522. The van der Waals surface area contributed by atoms with E-state index in [9.17, 15) is 10.2 Å². The first kappa shape index (κ1) is 13.4. The maximum Gasteiger partial charge on any atom is 0.205 e. The highest BCUT2D eigenvalue weighted by Crippen LogP contribution is 2.64. The number of nitrogens with zero attached hydrogens (tertiary/aromatic N) is 2. The quantitative estimate of drug-likeness (QED) is 0.714. The van der Waals surface area contributed by atoms with E-state index in [-0.39, 0.29) is 11.8 Å². The molecule has 118 valence electrons. The molecule has 1 aromatic carbocycles. The summed E-state index contributed by atoms with van der Waals surface area (Å²) in [5, 5.41) is 21.6. The summed E-state index contributed by atoms with van der Waals surface area (Å²) >= 11 is 1.54. The molecule has 0 aliphatic carbocycles. The molecule has 2 aromatic heterocycles. The van der Waals surface area contributed by atoms with Crippen LogP contribution in [0.3, 0.4) is 0 Å². The van der Waals surface area contributed by atoms with Crippen molar-refractivity contribution >= 4 is 21.6 Å². The third kappa shape index (κ3) is 1.48. The van der Waals surface area contributed by atoms with Crippen molar-refractivity contribution in [1.29, 1.82) is 0 Å². The van der Waals surface area contributed by atoms with Crippen LogP contribution in [0, 0.1) is 0 Å². The van der Waals surface area contributed by atoms with Crippen LogP contribution in [0.1, 0.15) is 37.8 Å². The molecule has 3 aromatic rings. The summed E-state index contributed by atoms with van der Waals surface area (Å²) in [5.74, 6) is 0.152. The van der Waals surface area contributed by atoms with E-state index in [0.29, 0.717) is 0 Å². The van der Waals surface area contributed by atoms with Gasteiger partial charge in [0, 0.05) is 0 Å². The van der Waals surface area contributed by atoms with Gasteiger partial charge in [-0.1, -0.05) is 0 Å². The van der Waals surface area contributed by atoms with Gasteiger partial charge in [0.05, 0.1) is 43.7 Å². The smallest absolute Gasteiger partial charge is 0.205 e. The Kier molecular flexibility index (Phi) is 2.26. The van der Waals surface area contributed by atoms with E-state index in [0.717, 1.165) is 39.9 Å². The Balaban J connectivity index is 1.80. The fourth-order valence-corrected chi connectivity index (χ4v) is 4.92. The molecule has 0 saturated carbocycles. The second kappa shape index (κ2) is 3.88. The van der Waals surface area contributed by atoms with E-state index >= 15 is 0 Å². The molecule has 2 N–H and O–H groups in total. The molecule has 4 heterocycles. The van der Waals surface area contributed by atoms with Gasteiger partial charge in [-0.2, -0.15) is 0 Å². The fourth-order valence-electron chi connectivity index (χ4n) is 4.21. The average molecular weight is 328 g/mol. The Morgan fingerprint density at radius 2 is 1.78 bits per heavy atom. The van der Waals surface area contributed by atoms with Crippen LogP contribution < -0.4 is 0 Å². The van der Waals surface area contributed by atoms with Crippen LogP contribution in [0.5, 0.6) is 11.8 Å². The molecular formula is C17H16N2O3S. The molecule has 23 heavy (non-hydrogen) atoms. The molecule has 0 radical (unpaired) electrons. The Labute approximate surface area is 136 Å². The average Bonchev–Trinajstić information content (AvgIpc) is 3.19. The van der Waals surface area contributed by atoms with Crippen molar-refractivity contribution < 1.29 is 14.9 Å². The highest BCUT2D eigenvalue weighted by molar-refractivity contribution is 7.16. The summed E-state index contributed by atoms with van der Waals surface area (Å²) < 4.78 is 8.67. The zero-order valence-corrected chi connectivity index (χ0v) is 13.6. The third-order valence-corrected chi connectivity index (χ3v) is 6.07. The molecule has 6 heteroatoms. The first-order valence-corrected chi connectivity index (χ1v) is 8.52. The number of hydrogen-bond acceptors (Lipinski definition) is 5. The van der Waals surface area contributed by atoms with Gasteiger partial charge in [0.2, 0.25) is 11.8 Å². The number of fused-ring (bicyclic) bond motifs is 6. The topological polar surface area (TPSA) is 67.5 Å². The van der Waals surface area contributed by atoms with E-state index in [2.05, 4.69) is 4.98 Å². The Hall–Kier alpha value is -2.05. The van der Waals surface area contributed by atoms with Crippen LogP contribution in [-0.4, -0.2) is 19.8 Å². The van der Waals surface area contributed by atoms with Crippen LogP contribution in [0.15, 0.2) is 23.7 Å². The normalized spacial score (nSPS) is 28.6. The van der Waals surface area contributed by atoms with Crippen LogP contribution >= 0.6 is 11.3 Å². The lowest BCUT2D eigenvalue weighted by molar-refractivity contribution is -0.0683. The minimum absolute atomic E-state index is 0.0762. The van der Waals surface area contributed by atoms with Gasteiger partial charge in [0.1, 0.15) is 0 Å². The molecule has 0 amide bonds. The number of rotatable bonds is 1. The van der Waals surface area contributed by atoms with Gasteiger partial charge in [-0.05, 0) is 44.9 Å². The summed E-state index contributed by atoms with van der Waals surface area (Å²) in [7, 11) is 0. The van der Waals surface area contributed by atoms with Crippen LogP contribution in [0.25, 0.3) is 15.9 Å². The number of ether oxygens (including phenoxy) is 1. The second-order valence-electron chi connectivity index (χ2n) is 6.80. The third-order valence-electron chi connectivity index (χ3n) is 5.28. The maximum absolute atomic E-state index is 10.8. The highest BCUT2D eigenvalue weighted by Gasteiger charge is 2.59. The molecule has 0 spiro atoms. The molecule has 1 saturated heterocycles. The standard InChI is InChI=1S/C17H16N2O3S/c1-16-5-6-17(2,22-16)13-12(16)14(20)19(15(13)21)9-3-4-10-11(7-9)23-8-18-10/h3-4,7-8,20-21H,5-6H2,1-2H3/t16-,17+. The van der Waals surface area contributed by atoms with Gasteiger partial charge in [-0.15, -0.1) is 11.3 Å². The van der Waals surface area contributed by atoms with E-state index in [1.165, 1.54) is 15.9 Å². The highest BCUT2D eigenvalue weighted by atomic mass is 32.1. The van der Waals surface area contributed by atoms with Gasteiger partial charge in [0.25, 0.3) is 0 Å². The molecule has 2 bridgehead atoms. The molecule has 2 atom stereocenters. The number of benzene rings is 1. The summed E-state index contributed by atoms with van der Waals surface area (Å²) in [6.45, 7) is 3.97. The van der Waals surface area contributed by atoms with Crippen molar-refractivity contribution in [2.24, 2.45) is 0 Å². The van der Waals surface area contributed by atoms with Gasteiger partial charge in [-0.25, -0.2) is 4.98 Å².